The average molecular weight is 182 g/mol. The van der Waals surface area contributed by atoms with Gasteiger partial charge in [0.05, 0.1) is 11.7 Å². The van der Waals surface area contributed by atoms with Gasteiger partial charge in [0.2, 0.25) is 0 Å². The molecule has 0 aromatic carbocycles. The Morgan fingerprint density at radius 3 is 2.62 bits per heavy atom. The molecule has 0 amide bonds. The van der Waals surface area contributed by atoms with Crippen LogP contribution in [0.2, 0.25) is 0 Å². The Kier molecular flexibility index (Phi) is 2.84. The van der Waals surface area contributed by atoms with Gasteiger partial charge in [-0.3, -0.25) is 0 Å². The number of rotatable bonds is 2. The average Bonchev–Trinajstić information content (AvgIpc) is 2.04. The second-order valence-corrected chi connectivity index (χ2v) is 2.80. The summed E-state index contributed by atoms with van der Waals surface area (Å²) in [6, 6.07) is 2.55. The van der Waals surface area contributed by atoms with Gasteiger partial charge in [-0.2, -0.15) is 0 Å². The van der Waals surface area contributed by atoms with Crippen molar-refractivity contribution in [3.8, 4) is 0 Å². The summed E-state index contributed by atoms with van der Waals surface area (Å²) in [5, 5.41) is 0. The molecular formula is C9H10O4. The molecule has 0 saturated carbocycles. The maximum Gasteiger partial charge on any atom is 0.341 e. The van der Waals surface area contributed by atoms with E-state index in [2.05, 4.69) is 4.42 Å². The van der Waals surface area contributed by atoms with Crippen LogP contribution in [0, 0.1) is 0 Å². The summed E-state index contributed by atoms with van der Waals surface area (Å²) < 4.78 is 9.38. The van der Waals surface area contributed by atoms with Gasteiger partial charge in [0.25, 0.3) is 0 Å². The number of carbonyl (C=O) groups excluding carboxylic acids is 1. The smallest absolute Gasteiger partial charge is 0.341 e. The molecule has 0 saturated heterocycles. The van der Waals surface area contributed by atoms with Gasteiger partial charge in [0, 0.05) is 6.07 Å². The number of hydrogen-bond donors (Lipinski definition) is 0. The van der Waals surface area contributed by atoms with Gasteiger partial charge in [-0.05, 0) is 19.9 Å². The van der Waals surface area contributed by atoms with Crippen molar-refractivity contribution < 1.29 is 13.9 Å². The van der Waals surface area contributed by atoms with E-state index in [-0.39, 0.29) is 11.7 Å². The Bertz CT molecular complexity index is 330. The first-order valence-corrected chi connectivity index (χ1v) is 3.89. The molecule has 1 aromatic rings. The highest BCUT2D eigenvalue weighted by atomic mass is 16.5. The predicted molar refractivity (Wildman–Crippen MR) is 45.5 cm³/mol. The summed E-state index contributed by atoms with van der Waals surface area (Å²) in [6.45, 7) is 3.49. The summed E-state index contributed by atoms with van der Waals surface area (Å²) >= 11 is 0. The molecule has 4 nitrogen and oxygen atoms in total. The van der Waals surface area contributed by atoms with E-state index in [1.807, 2.05) is 0 Å². The number of ether oxygens (including phenoxy) is 1. The topological polar surface area (TPSA) is 56.5 Å². The van der Waals surface area contributed by atoms with Crippen molar-refractivity contribution in [1.82, 2.24) is 0 Å². The first-order valence-electron chi connectivity index (χ1n) is 3.89. The van der Waals surface area contributed by atoms with Gasteiger partial charge in [-0.15, -0.1) is 0 Å². The largest absolute Gasteiger partial charge is 0.459 e. The molecule has 0 unspecified atom stereocenters. The summed E-state index contributed by atoms with van der Waals surface area (Å²) in [5.41, 5.74) is -0.241. The third-order valence-corrected chi connectivity index (χ3v) is 1.28. The lowest BCUT2D eigenvalue weighted by Gasteiger charge is -2.06. The maximum absolute atomic E-state index is 11.2. The van der Waals surface area contributed by atoms with Crippen molar-refractivity contribution in [1.29, 1.82) is 0 Å². The quantitative estimate of drug-likeness (QED) is 0.645. The van der Waals surface area contributed by atoms with E-state index in [0.717, 1.165) is 6.26 Å². The van der Waals surface area contributed by atoms with Crippen molar-refractivity contribution >= 4 is 5.97 Å². The minimum Gasteiger partial charge on any atom is -0.459 e. The van der Waals surface area contributed by atoms with E-state index >= 15 is 0 Å². The monoisotopic (exact) mass is 182 g/mol. The second-order valence-electron chi connectivity index (χ2n) is 2.80. The SMILES string of the molecule is CC(C)OC(=O)c1ccc(=O)oc1. The van der Waals surface area contributed by atoms with E-state index < -0.39 is 11.6 Å². The van der Waals surface area contributed by atoms with Crippen molar-refractivity contribution in [2.24, 2.45) is 0 Å². The van der Waals surface area contributed by atoms with E-state index in [1.54, 1.807) is 13.8 Å². The Balaban J connectivity index is 2.78. The molecule has 0 spiro atoms. The standard InChI is InChI=1S/C9H10O4/c1-6(2)13-9(11)7-3-4-8(10)12-5-7/h3-6H,1-2H3. The molecule has 0 aliphatic carbocycles. The first-order chi connectivity index (χ1) is 6.09. The Labute approximate surface area is 75.1 Å². The van der Waals surface area contributed by atoms with Crippen LogP contribution in [0.4, 0.5) is 0 Å². The lowest BCUT2D eigenvalue weighted by molar-refractivity contribution is 0.0375. The zero-order chi connectivity index (χ0) is 9.84. The van der Waals surface area contributed by atoms with Gasteiger partial charge >= 0.3 is 11.6 Å². The fourth-order valence-corrected chi connectivity index (χ4v) is 0.756. The molecule has 4 heteroatoms. The third kappa shape index (κ3) is 2.74. The summed E-state index contributed by atoms with van der Waals surface area (Å²) in [4.78, 5) is 21.7. The van der Waals surface area contributed by atoms with Crippen LogP contribution in [0.3, 0.4) is 0 Å². The van der Waals surface area contributed by atoms with Crippen LogP contribution in [0.5, 0.6) is 0 Å². The summed E-state index contributed by atoms with van der Waals surface area (Å²) in [6.07, 6.45) is 0.909. The molecule has 1 rings (SSSR count). The second kappa shape index (κ2) is 3.89. The van der Waals surface area contributed by atoms with Gasteiger partial charge in [-0.25, -0.2) is 9.59 Å². The van der Waals surface area contributed by atoms with Crippen molar-refractivity contribution in [2.75, 3.05) is 0 Å². The molecule has 13 heavy (non-hydrogen) atoms. The normalized spacial score (nSPS) is 10.1. The molecule has 0 aliphatic heterocycles. The maximum atomic E-state index is 11.2. The molecule has 0 N–H and O–H groups in total. The highest BCUT2D eigenvalue weighted by Crippen LogP contribution is 2.00. The van der Waals surface area contributed by atoms with E-state index in [1.165, 1.54) is 12.1 Å². The number of esters is 1. The van der Waals surface area contributed by atoms with Gasteiger partial charge in [-0.1, -0.05) is 0 Å². The van der Waals surface area contributed by atoms with Crippen molar-refractivity contribution in [3.63, 3.8) is 0 Å². The number of hydrogen-bond acceptors (Lipinski definition) is 4. The van der Waals surface area contributed by atoms with Crippen LogP contribution in [0.1, 0.15) is 24.2 Å². The van der Waals surface area contributed by atoms with E-state index in [9.17, 15) is 9.59 Å². The van der Waals surface area contributed by atoms with Crippen LogP contribution >= 0.6 is 0 Å². The zero-order valence-electron chi connectivity index (χ0n) is 7.44. The van der Waals surface area contributed by atoms with Gasteiger partial charge < -0.3 is 9.15 Å². The Morgan fingerprint density at radius 2 is 2.15 bits per heavy atom. The fourth-order valence-electron chi connectivity index (χ4n) is 0.756. The lowest BCUT2D eigenvalue weighted by atomic mass is 10.3. The Hall–Kier alpha value is -1.58. The fraction of sp³-hybridized carbons (Fsp3) is 0.333. The highest BCUT2D eigenvalue weighted by Gasteiger charge is 2.09. The van der Waals surface area contributed by atoms with Crippen LogP contribution in [-0.4, -0.2) is 12.1 Å². The minimum absolute atomic E-state index is 0.181. The zero-order valence-corrected chi connectivity index (χ0v) is 7.44. The van der Waals surface area contributed by atoms with Crippen LogP contribution in [-0.2, 0) is 4.74 Å². The predicted octanol–water partition coefficient (Wildman–Crippen LogP) is 1.20. The van der Waals surface area contributed by atoms with Crippen LogP contribution in [0.15, 0.2) is 27.6 Å². The minimum atomic E-state index is -0.487. The van der Waals surface area contributed by atoms with Crippen molar-refractivity contribution in [3.05, 3.63) is 34.4 Å². The molecule has 70 valence electrons. The van der Waals surface area contributed by atoms with Crippen molar-refractivity contribution in [2.45, 2.75) is 20.0 Å². The molecular weight excluding hydrogens is 172 g/mol. The third-order valence-electron chi connectivity index (χ3n) is 1.28. The number of carbonyl (C=O) groups is 1. The Morgan fingerprint density at radius 1 is 1.46 bits per heavy atom. The first kappa shape index (κ1) is 9.51. The van der Waals surface area contributed by atoms with Crippen LogP contribution < -0.4 is 5.63 Å². The molecule has 1 aromatic heterocycles. The molecule has 0 bridgehead atoms. The highest BCUT2D eigenvalue weighted by molar-refractivity contribution is 5.88. The lowest BCUT2D eigenvalue weighted by Crippen LogP contribution is -2.12. The van der Waals surface area contributed by atoms with Gasteiger partial charge in [0.1, 0.15) is 6.26 Å². The molecule has 0 radical (unpaired) electrons. The van der Waals surface area contributed by atoms with Crippen LogP contribution in [0.25, 0.3) is 0 Å². The van der Waals surface area contributed by atoms with E-state index in [4.69, 9.17) is 4.74 Å². The summed E-state index contributed by atoms with van der Waals surface area (Å²) in [5.74, 6) is -0.487. The molecule has 1 heterocycles. The van der Waals surface area contributed by atoms with E-state index in [0.29, 0.717) is 0 Å². The van der Waals surface area contributed by atoms with Gasteiger partial charge in [0.15, 0.2) is 0 Å². The molecule has 0 aliphatic rings. The summed E-state index contributed by atoms with van der Waals surface area (Å²) in [7, 11) is 0. The molecule has 0 atom stereocenters. The molecule has 0 fully saturated rings.